The summed E-state index contributed by atoms with van der Waals surface area (Å²) in [4.78, 5) is 1.01. The largest absolute Gasteiger partial charge is 0.493 e. The maximum atomic E-state index is 13.1. The van der Waals surface area contributed by atoms with Crippen LogP contribution in [-0.4, -0.2) is 27.8 Å². The van der Waals surface area contributed by atoms with Crippen molar-refractivity contribution in [2.45, 2.75) is 19.1 Å². The first-order chi connectivity index (χ1) is 11.8. The highest BCUT2D eigenvalue weighted by Crippen LogP contribution is 2.31. The van der Waals surface area contributed by atoms with E-state index < -0.39 is 11.7 Å². The molecular formula is C19H23F3NO2+. The molecule has 1 unspecified atom stereocenters. The summed E-state index contributed by atoms with van der Waals surface area (Å²) in [5.74, 6) is 1.31. The molecule has 6 heteroatoms. The SMILES string of the molecule is COc1ccc(CC[NH+](C)Cc2ccccc2C(F)(F)F)cc1OC. The van der Waals surface area contributed by atoms with Gasteiger partial charge in [-0.25, -0.2) is 0 Å². The van der Waals surface area contributed by atoms with E-state index in [2.05, 4.69) is 0 Å². The molecule has 0 amide bonds. The second-order valence-electron chi connectivity index (χ2n) is 5.98. The van der Waals surface area contributed by atoms with Crippen LogP contribution in [0.4, 0.5) is 13.2 Å². The van der Waals surface area contributed by atoms with E-state index in [-0.39, 0.29) is 0 Å². The molecule has 2 rings (SSSR count). The Balaban J connectivity index is 2.01. The summed E-state index contributed by atoms with van der Waals surface area (Å²) in [7, 11) is 5.05. The fraction of sp³-hybridized carbons (Fsp3) is 0.368. The highest BCUT2D eigenvalue weighted by molar-refractivity contribution is 5.42. The molecule has 0 fully saturated rings. The van der Waals surface area contributed by atoms with Crippen LogP contribution in [0, 0.1) is 0 Å². The van der Waals surface area contributed by atoms with Crippen molar-refractivity contribution in [2.75, 3.05) is 27.8 Å². The summed E-state index contributed by atoms with van der Waals surface area (Å²) >= 11 is 0. The van der Waals surface area contributed by atoms with Crippen LogP contribution in [0.1, 0.15) is 16.7 Å². The number of quaternary nitrogens is 1. The van der Waals surface area contributed by atoms with Crippen molar-refractivity contribution in [3.05, 3.63) is 59.2 Å². The zero-order chi connectivity index (χ0) is 18.4. The maximum Gasteiger partial charge on any atom is 0.416 e. The standard InChI is InChI=1S/C19H22F3NO2/c1-23(13-15-6-4-5-7-16(15)19(20,21)22)11-10-14-8-9-17(24-2)18(12-14)25-3/h4-9,12H,10-11,13H2,1-3H3/p+1. The summed E-state index contributed by atoms with van der Waals surface area (Å²) in [5.41, 5.74) is 0.821. The van der Waals surface area contributed by atoms with Crippen LogP contribution < -0.4 is 14.4 Å². The van der Waals surface area contributed by atoms with Crippen molar-refractivity contribution in [1.82, 2.24) is 0 Å². The van der Waals surface area contributed by atoms with Gasteiger partial charge < -0.3 is 14.4 Å². The van der Waals surface area contributed by atoms with E-state index >= 15 is 0 Å². The van der Waals surface area contributed by atoms with Gasteiger partial charge in [-0.05, 0) is 23.8 Å². The number of alkyl halides is 3. The van der Waals surface area contributed by atoms with Crippen molar-refractivity contribution < 1.29 is 27.5 Å². The zero-order valence-corrected chi connectivity index (χ0v) is 14.6. The Labute approximate surface area is 146 Å². The van der Waals surface area contributed by atoms with Gasteiger partial charge in [-0.1, -0.05) is 24.3 Å². The van der Waals surface area contributed by atoms with E-state index in [0.717, 1.165) is 23.0 Å². The first-order valence-electron chi connectivity index (χ1n) is 8.02. The molecule has 0 saturated heterocycles. The number of methoxy groups -OCH3 is 2. The zero-order valence-electron chi connectivity index (χ0n) is 14.6. The second kappa shape index (κ2) is 8.25. The highest BCUT2D eigenvalue weighted by Gasteiger charge is 2.33. The molecule has 0 aliphatic carbocycles. The monoisotopic (exact) mass is 354 g/mol. The summed E-state index contributed by atoms with van der Waals surface area (Å²) in [6, 6.07) is 11.4. The molecule has 0 radical (unpaired) electrons. The molecule has 0 aromatic heterocycles. The molecular weight excluding hydrogens is 331 g/mol. The summed E-state index contributed by atoms with van der Waals surface area (Å²) < 4.78 is 49.7. The Morgan fingerprint density at radius 1 is 0.960 bits per heavy atom. The van der Waals surface area contributed by atoms with E-state index in [1.54, 1.807) is 26.4 Å². The lowest BCUT2D eigenvalue weighted by molar-refractivity contribution is -0.893. The van der Waals surface area contributed by atoms with Gasteiger partial charge in [0, 0.05) is 12.0 Å². The van der Waals surface area contributed by atoms with Crippen LogP contribution in [0.5, 0.6) is 11.5 Å². The number of likely N-dealkylation sites (N-methyl/N-ethyl adjacent to an activating group) is 1. The summed E-state index contributed by atoms with van der Waals surface area (Å²) in [5, 5.41) is 0. The Kier molecular flexibility index (Phi) is 6.31. The van der Waals surface area contributed by atoms with Gasteiger partial charge in [0.05, 0.1) is 33.4 Å². The van der Waals surface area contributed by atoms with Gasteiger partial charge in [0.15, 0.2) is 11.5 Å². The molecule has 25 heavy (non-hydrogen) atoms. The lowest BCUT2D eigenvalue weighted by atomic mass is 10.1. The van der Waals surface area contributed by atoms with E-state index in [4.69, 9.17) is 9.47 Å². The van der Waals surface area contributed by atoms with E-state index in [1.165, 1.54) is 6.07 Å². The molecule has 1 atom stereocenters. The lowest BCUT2D eigenvalue weighted by Crippen LogP contribution is -3.07. The van der Waals surface area contributed by atoms with Gasteiger partial charge >= 0.3 is 6.18 Å². The van der Waals surface area contributed by atoms with Gasteiger partial charge in [-0.3, -0.25) is 0 Å². The van der Waals surface area contributed by atoms with Gasteiger partial charge in [-0.2, -0.15) is 13.2 Å². The minimum absolute atomic E-state index is 0.319. The minimum atomic E-state index is -4.32. The quantitative estimate of drug-likeness (QED) is 0.826. The van der Waals surface area contributed by atoms with Crippen LogP contribution in [-0.2, 0) is 19.1 Å². The Morgan fingerprint density at radius 2 is 1.64 bits per heavy atom. The molecule has 2 aromatic carbocycles. The third-order valence-corrected chi connectivity index (χ3v) is 4.10. The number of hydrogen-bond acceptors (Lipinski definition) is 2. The number of benzene rings is 2. The predicted octanol–water partition coefficient (Wildman–Crippen LogP) is 2.98. The number of halogens is 3. The Bertz CT molecular complexity index is 701. The first kappa shape index (κ1) is 19.1. The third kappa shape index (κ3) is 5.13. The smallest absolute Gasteiger partial charge is 0.416 e. The molecule has 0 aliphatic rings. The number of rotatable bonds is 7. The van der Waals surface area contributed by atoms with Crippen LogP contribution in [0.3, 0.4) is 0 Å². The molecule has 136 valence electrons. The molecule has 0 aliphatic heterocycles. The summed E-state index contributed by atoms with van der Waals surface area (Å²) in [6.45, 7) is 1.03. The van der Waals surface area contributed by atoms with Crippen LogP contribution in [0.15, 0.2) is 42.5 Å². The number of ether oxygens (including phenoxy) is 2. The van der Waals surface area contributed by atoms with Crippen LogP contribution in [0.2, 0.25) is 0 Å². The van der Waals surface area contributed by atoms with E-state index in [1.807, 2.05) is 25.2 Å². The molecule has 0 spiro atoms. The van der Waals surface area contributed by atoms with Crippen molar-refractivity contribution in [3.63, 3.8) is 0 Å². The van der Waals surface area contributed by atoms with Crippen molar-refractivity contribution in [3.8, 4) is 11.5 Å². The predicted molar refractivity (Wildman–Crippen MR) is 90.2 cm³/mol. The fourth-order valence-corrected chi connectivity index (χ4v) is 2.76. The van der Waals surface area contributed by atoms with Crippen LogP contribution >= 0.6 is 0 Å². The van der Waals surface area contributed by atoms with Gasteiger partial charge in [0.2, 0.25) is 0 Å². The van der Waals surface area contributed by atoms with Crippen molar-refractivity contribution in [1.29, 1.82) is 0 Å². The van der Waals surface area contributed by atoms with Gasteiger partial charge in [-0.15, -0.1) is 0 Å². The highest BCUT2D eigenvalue weighted by atomic mass is 19.4. The molecule has 0 heterocycles. The van der Waals surface area contributed by atoms with E-state index in [0.29, 0.717) is 30.2 Å². The summed E-state index contributed by atoms with van der Waals surface area (Å²) in [6.07, 6.45) is -3.58. The fourth-order valence-electron chi connectivity index (χ4n) is 2.76. The topological polar surface area (TPSA) is 22.9 Å². The second-order valence-corrected chi connectivity index (χ2v) is 5.98. The van der Waals surface area contributed by atoms with Crippen LogP contribution in [0.25, 0.3) is 0 Å². The van der Waals surface area contributed by atoms with Crippen molar-refractivity contribution in [2.24, 2.45) is 0 Å². The maximum absolute atomic E-state index is 13.1. The average molecular weight is 354 g/mol. The van der Waals surface area contributed by atoms with Gasteiger partial charge in [0.1, 0.15) is 6.54 Å². The lowest BCUT2D eigenvalue weighted by Gasteiger charge is -2.18. The molecule has 3 nitrogen and oxygen atoms in total. The first-order valence-corrected chi connectivity index (χ1v) is 8.02. The molecule has 2 aromatic rings. The normalized spacial score (nSPS) is 12.7. The van der Waals surface area contributed by atoms with E-state index in [9.17, 15) is 13.2 Å². The molecule has 0 saturated carbocycles. The van der Waals surface area contributed by atoms with Gasteiger partial charge in [0.25, 0.3) is 0 Å². The average Bonchev–Trinajstić information content (AvgIpc) is 2.59. The third-order valence-electron chi connectivity index (χ3n) is 4.10. The molecule has 1 N–H and O–H groups in total. The van der Waals surface area contributed by atoms with Crippen molar-refractivity contribution >= 4 is 0 Å². The number of nitrogens with one attached hydrogen (secondary N) is 1. The minimum Gasteiger partial charge on any atom is -0.493 e. The molecule has 0 bridgehead atoms. The number of hydrogen-bond donors (Lipinski definition) is 1. The Morgan fingerprint density at radius 3 is 2.28 bits per heavy atom. The Hall–Kier alpha value is -2.21.